The minimum atomic E-state index is 0.260. The van der Waals surface area contributed by atoms with Crippen molar-refractivity contribution in [2.75, 3.05) is 6.54 Å². The molecule has 18 heavy (non-hydrogen) atoms. The Balaban J connectivity index is 1.75. The van der Waals surface area contributed by atoms with Crippen molar-refractivity contribution < 1.29 is 0 Å². The van der Waals surface area contributed by atoms with Gasteiger partial charge in [-0.1, -0.05) is 0 Å². The highest BCUT2D eigenvalue weighted by atomic mass is 32.1. The molecule has 2 aliphatic rings. The van der Waals surface area contributed by atoms with E-state index in [1.807, 2.05) is 0 Å². The van der Waals surface area contributed by atoms with E-state index in [0.717, 1.165) is 35.6 Å². The van der Waals surface area contributed by atoms with Gasteiger partial charge in [-0.3, -0.25) is 0 Å². The van der Waals surface area contributed by atoms with Crippen molar-refractivity contribution in [3.63, 3.8) is 0 Å². The molecule has 94 valence electrons. The minimum absolute atomic E-state index is 0.260. The van der Waals surface area contributed by atoms with Gasteiger partial charge in [0, 0.05) is 19.0 Å². The molecule has 1 N–H and O–H groups in total. The maximum absolute atomic E-state index is 4.61. The van der Waals surface area contributed by atoms with Crippen molar-refractivity contribution in [2.24, 2.45) is 0 Å². The molecule has 1 unspecified atom stereocenters. The van der Waals surface area contributed by atoms with Crippen LogP contribution in [0.4, 0.5) is 0 Å². The lowest BCUT2D eigenvalue weighted by molar-refractivity contribution is 0.439. The number of nitrogens with zero attached hydrogens (tertiary/aromatic N) is 5. The zero-order chi connectivity index (χ0) is 12.1. The van der Waals surface area contributed by atoms with Gasteiger partial charge in [0.2, 0.25) is 0 Å². The molecule has 0 spiro atoms. The van der Waals surface area contributed by atoms with Crippen LogP contribution < -0.4 is 5.32 Å². The second kappa shape index (κ2) is 3.83. The minimum Gasteiger partial charge on any atom is -0.306 e. The Morgan fingerprint density at radius 1 is 1.33 bits per heavy atom. The molecule has 1 aliphatic heterocycles. The molecule has 0 aromatic carbocycles. The van der Waals surface area contributed by atoms with Gasteiger partial charge in [-0.15, -0.1) is 10.2 Å². The van der Waals surface area contributed by atoms with E-state index in [9.17, 15) is 0 Å². The SMILES string of the molecule is CC1NCCn2c(-c3nc(C4CC4)ns3)nnc21. The number of hydrogen-bond donors (Lipinski definition) is 1. The highest BCUT2D eigenvalue weighted by Crippen LogP contribution is 2.39. The van der Waals surface area contributed by atoms with Crippen LogP contribution in [0.15, 0.2) is 0 Å². The van der Waals surface area contributed by atoms with Crippen LogP contribution in [0, 0.1) is 0 Å². The third kappa shape index (κ3) is 1.58. The van der Waals surface area contributed by atoms with E-state index in [1.165, 1.54) is 24.4 Å². The molecule has 7 heteroatoms. The summed E-state index contributed by atoms with van der Waals surface area (Å²) in [6.07, 6.45) is 2.46. The van der Waals surface area contributed by atoms with E-state index in [4.69, 9.17) is 0 Å². The van der Waals surface area contributed by atoms with Crippen molar-refractivity contribution in [2.45, 2.75) is 38.3 Å². The predicted molar refractivity (Wildman–Crippen MR) is 67.3 cm³/mol. The Morgan fingerprint density at radius 3 is 3.06 bits per heavy atom. The van der Waals surface area contributed by atoms with Gasteiger partial charge in [-0.05, 0) is 31.3 Å². The van der Waals surface area contributed by atoms with Crippen molar-refractivity contribution in [1.29, 1.82) is 0 Å². The second-order valence-corrected chi connectivity index (χ2v) is 5.69. The van der Waals surface area contributed by atoms with Crippen molar-refractivity contribution in [1.82, 2.24) is 29.4 Å². The van der Waals surface area contributed by atoms with Gasteiger partial charge in [-0.2, -0.15) is 4.37 Å². The van der Waals surface area contributed by atoms with E-state index < -0.39 is 0 Å². The summed E-state index contributed by atoms with van der Waals surface area (Å²) in [5.41, 5.74) is 0. The van der Waals surface area contributed by atoms with Crippen LogP contribution >= 0.6 is 11.5 Å². The van der Waals surface area contributed by atoms with Gasteiger partial charge in [0.05, 0.1) is 6.04 Å². The van der Waals surface area contributed by atoms with Gasteiger partial charge in [-0.25, -0.2) is 4.98 Å². The molecular formula is C11H14N6S. The van der Waals surface area contributed by atoms with Crippen LogP contribution in [0.25, 0.3) is 10.8 Å². The number of fused-ring (bicyclic) bond motifs is 1. The maximum Gasteiger partial charge on any atom is 0.194 e. The van der Waals surface area contributed by atoms with E-state index >= 15 is 0 Å². The molecule has 2 aromatic rings. The standard InChI is InChI=1S/C11H14N6S/c1-6-9-14-15-10(17(9)5-4-12-6)11-13-8(16-18-11)7-2-3-7/h6-7,12H,2-5H2,1H3. The van der Waals surface area contributed by atoms with Gasteiger partial charge >= 0.3 is 0 Å². The summed E-state index contributed by atoms with van der Waals surface area (Å²) in [6, 6.07) is 0.260. The fourth-order valence-corrected chi connectivity index (χ4v) is 3.07. The normalized spacial score (nSPS) is 23.1. The van der Waals surface area contributed by atoms with Gasteiger partial charge in [0.25, 0.3) is 0 Å². The molecular weight excluding hydrogens is 248 g/mol. The molecule has 2 aromatic heterocycles. The van der Waals surface area contributed by atoms with Gasteiger partial charge < -0.3 is 9.88 Å². The lowest BCUT2D eigenvalue weighted by Crippen LogP contribution is -2.32. The zero-order valence-electron chi connectivity index (χ0n) is 10.1. The van der Waals surface area contributed by atoms with Crippen LogP contribution in [0.1, 0.15) is 43.4 Å². The molecule has 1 fully saturated rings. The summed E-state index contributed by atoms with van der Waals surface area (Å²) in [5.74, 6) is 3.47. The molecule has 6 nitrogen and oxygen atoms in total. The first-order chi connectivity index (χ1) is 8.83. The highest BCUT2D eigenvalue weighted by molar-refractivity contribution is 7.09. The Morgan fingerprint density at radius 2 is 2.22 bits per heavy atom. The smallest absolute Gasteiger partial charge is 0.194 e. The summed E-state index contributed by atoms with van der Waals surface area (Å²) in [5, 5.41) is 12.9. The topological polar surface area (TPSA) is 68.5 Å². The lowest BCUT2D eigenvalue weighted by Gasteiger charge is -2.21. The van der Waals surface area contributed by atoms with Crippen molar-refractivity contribution in [3.8, 4) is 10.8 Å². The van der Waals surface area contributed by atoms with Crippen LogP contribution in [0.2, 0.25) is 0 Å². The van der Waals surface area contributed by atoms with E-state index in [1.54, 1.807) is 0 Å². The largest absolute Gasteiger partial charge is 0.306 e. The van der Waals surface area contributed by atoms with E-state index in [2.05, 4.69) is 36.4 Å². The Hall–Kier alpha value is -1.34. The first-order valence-corrected chi connectivity index (χ1v) is 7.10. The third-order valence-corrected chi connectivity index (χ3v) is 4.25. The van der Waals surface area contributed by atoms with Gasteiger partial charge in [0.15, 0.2) is 10.8 Å². The summed E-state index contributed by atoms with van der Waals surface area (Å²) < 4.78 is 6.60. The van der Waals surface area contributed by atoms with E-state index in [-0.39, 0.29) is 6.04 Å². The first kappa shape index (κ1) is 10.6. The first-order valence-electron chi connectivity index (χ1n) is 6.33. The molecule has 1 saturated carbocycles. The summed E-state index contributed by atoms with van der Waals surface area (Å²) in [4.78, 5) is 4.61. The summed E-state index contributed by atoms with van der Waals surface area (Å²) in [6.45, 7) is 3.97. The maximum atomic E-state index is 4.61. The zero-order valence-corrected chi connectivity index (χ0v) is 10.9. The van der Waals surface area contributed by atoms with Crippen LogP contribution in [-0.2, 0) is 6.54 Å². The molecule has 1 aliphatic carbocycles. The second-order valence-electron chi connectivity index (χ2n) is 4.94. The average molecular weight is 262 g/mol. The third-order valence-electron chi connectivity index (χ3n) is 3.53. The number of nitrogens with one attached hydrogen (secondary N) is 1. The molecule has 0 amide bonds. The molecule has 0 radical (unpaired) electrons. The number of aromatic nitrogens is 5. The highest BCUT2D eigenvalue weighted by Gasteiger charge is 2.29. The molecule has 0 saturated heterocycles. The van der Waals surface area contributed by atoms with Gasteiger partial charge in [0.1, 0.15) is 11.6 Å². The Bertz CT molecular complexity index is 584. The lowest BCUT2D eigenvalue weighted by atomic mass is 10.2. The fraction of sp³-hybridized carbons (Fsp3) is 0.636. The summed E-state index contributed by atoms with van der Waals surface area (Å²) >= 11 is 1.44. The quantitative estimate of drug-likeness (QED) is 0.884. The fourth-order valence-electron chi connectivity index (χ4n) is 2.33. The predicted octanol–water partition coefficient (Wildman–Crippen LogP) is 1.34. The number of hydrogen-bond acceptors (Lipinski definition) is 6. The van der Waals surface area contributed by atoms with Crippen molar-refractivity contribution in [3.05, 3.63) is 11.6 Å². The van der Waals surface area contributed by atoms with Crippen molar-refractivity contribution >= 4 is 11.5 Å². The average Bonchev–Trinajstić information content (AvgIpc) is 2.95. The summed E-state index contributed by atoms with van der Waals surface area (Å²) in [7, 11) is 0. The Labute approximate surface area is 109 Å². The molecule has 3 heterocycles. The number of rotatable bonds is 2. The van der Waals surface area contributed by atoms with Crippen LogP contribution in [-0.4, -0.2) is 30.7 Å². The van der Waals surface area contributed by atoms with Crippen LogP contribution in [0.5, 0.6) is 0 Å². The molecule has 4 rings (SSSR count). The molecule has 0 bridgehead atoms. The van der Waals surface area contributed by atoms with Crippen LogP contribution in [0.3, 0.4) is 0 Å². The van der Waals surface area contributed by atoms with E-state index in [0.29, 0.717) is 5.92 Å². The molecule has 1 atom stereocenters. The Kier molecular flexibility index (Phi) is 2.25. The monoisotopic (exact) mass is 262 g/mol.